The van der Waals surface area contributed by atoms with Gasteiger partial charge in [0.1, 0.15) is 0 Å². The summed E-state index contributed by atoms with van der Waals surface area (Å²) in [4.78, 5) is 0. The lowest BCUT2D eigenvalue weighted by Gasteiger charge is -2.25. The van der Waals surface area contributed by atoms with Gasteiger partial charge in [0, 0.05) is 0 Å². The number of allylic oxidation sites excluding steroid dienone is 3. The van der Waals surface area contributed by atoms with Crippen LogP contribution in [0.5, 0.6) is 0 Å². The van der Waals surface area contributed by atoms with E-state index < -0.39 is 0 Å². The van der Waals surface area contributed by atoms with E-state index >= 15 is 0 Å². The second-order valence-corrected chi connectivity index (χ2v) is 4.85. The summed E-state index contributed by atoms with van der Waals surface area (Å²) in [5.74, 6) is 0.520. The summed E-state index contributed by atoms with van der Waals surface area (Å²) in [5.41, 5.74) is 3.29. The molecular weight excluding hydrogens is 218 g/mol. The largest absolute Gasteiger partial charge is 0.192 e. The molecule has 1 heteroatoms. The lowest BCUT2D eigenvalue weighted by Crippen LogP contribution is -2.11. The zero-order valence-corrected chi connectivity index (χ0v) is 10.7. The quantitative estimate of drug-likeness (QED) is 0.550. The standard InChI is InChI=1S/C17H19N/c1-2-8-14-11-6-7-12-16(14)17(13-18)15-9-4-3-5-10-15/h2-5,9-10,14H,1,6-8,11-12H2/b17-16-/t14-/m1/s1. The van der Waals surface area contributed by atoms with Crippen molar-refractivity contribution in [3.05, 3.63) is 54.1 Å². The van der Waals surface area contributed by atoms with Crippen LogP contribution in [0.2, 0.25) is 0 Å². The number of nitrogens with zero attached hydrogens (tertiary/aromatic N) is 1. The minimum absolute atomic E-state index is 0.520. The van der Waals surface area contributed by atoms with Crippen molar-refractivity contribution in [1.29, 1.82) is 5.26 Å². The van der Waals surface area contributed by atoms with Crippen molar-refractivity contribution in [3.63, 3.8) is 0 Å². The Morgan fingerprint density at radius 3 is 2.78 bits per heavy atom. The fraction of sp³-hybridized carbons (Fsp3) is 0.353. The second-order valence-electron chi connectivity index (χ2n) is 4.85. The first-order valence-corrected chi connectivity index (χ1v) is 6.66. The van der Waals surface area contributed by atoms with Crippen molar-refractivity contribution in [1.82, 2.24) is 0 Å². The van der Waals surface area contributed by atoms with Crippen LogP contribution < -0.4 is 0 Å². The molecule has 1 fully saturated rings. The summed E-state index contributed by atoms with van der Waals surface area (Å²) >= 11 is 0. The molecule has 0 aromatic heterocycles. The van der Waals surface area contributed by atoms with Gasteiger partial charge in [0.25, 0.3) is 0 Å². The Labute approximate surface area is 109 Å². The van der Waals surface area contributed by atoms with Crippen LogP contribution >= 0.6 is 0 Å². The zero-order chi connectivity index (χ0) is 12.8. The van der Waals surface area contributed by atoms with Crippen LogP contribution in [-0.4, -0.2) is 0 Å². The fourth-order valence-electron chi connectivity index (χ4n) is 2.80. The summed E-state index contributed by atoms with van der Waals surface area (Å²) in [6.45, 7) is 3.84. The number of hydrogen-bond acceptors (Lipinski definition) is 1. The molecule has 0 spiro atoms. The maximum Gasteiger partial charge on any atom is 0.0997 e. The highest BCUT2D eigenvalue weighted by atomic mass is 14.3. The van der Waals surface area contributed by atoms with E-state index in [-0.39, 0.29) is 0 Å². The minimum atomic E-state index is 0.520. The van der Waals surface area contributed by atoms with Crippen LogP contribution in [0.3, 0.4) is 0 Å². The predicted molar refractivity (Wildman–Crippen MR) is 75.7 cm³/mol. The Hall–Kier alpha value is -1.81. The van der Waals surface area contributed by atoms with E-state index in [4.69, 9.17) is 0 Å². The van der Waals surface area contributed by atoms with Gasteiger partial charge in [-0.15, -0.1) is 6.58 Å². The minimum Gasteiger partial charge on any atom is -0.192 e. The molecule has 2 rings (SSSR count). The van der Waals surface area contributed by atoms with Gasteiger partial charge in [-0.05, 0) is 42.7 Å². The van der Waals surface area contributed by atoms with E-state index in [1.807, 2.05) is 36.4 Å². The number of rotatable bonds is 3. The maximum atomic E-state index is 9.48. The molecular formula is C17H19N. The van der Waals surface area contributed by atoms with Gasteiger partial charge in [-0.2, -0.15) is 5.26 Å². The van der Waals surface area contributed by atoms with Crippen molar-refractivity contribution >= 4 is 5.57 Å². The van der Waals surface area contributed by atoms with Gasteiger partial charge in [-0.1, -0.05) is 42.8 Å². The van der Waals surface area contributed by atoms with E-state index in [0.717, 1.165) is 24.0 Å². The molecule has 0 radical (unpaired) electrons. The first kappa shape index (κ1) is 12.6. The Morgan fingerprint density at radius 1 is 1.33 bits per heavy atom. The zero-order valence-electron chi connectivity index (χ0n) is 10.7. The van der Waals surface area contributed by atoms with Crippen molar-refractivity contribution in [2.45, 2.75) is 32.1 Å². The maximum absolute atomic E-state index is 9.48. The van der Waals surface area contributed by atoms with Crippen molar-refractivity contribution in [3.8, 4) is 6.07 Å². The van der Waals surface area contributed by atoms with Gasteiger partial charge < -0.3 is 0 Å². The summed E-state index contributed by atoms with van der Waals surface area (Å²) in [7, 11) is 0. The number of nitriles is 1. The molecule has 1 aromatic carbocycles. The smallest absolute Gasteiger partial charge is 0.0997 e. The van der Waals surface area contributed by atoms with E-state index in [9.17, 15) is 5.26 Å². The van der Waals surface area contributed by atoms with Gasteiger partial charge in [0.15, 0.2) is 0 Å². The third-order valence-electron chi connectivity index (χ3n) is 3.69. The lowest BCUT2D eigenvalue weighted by molar-refractivity contribution is 0.459. The predicted octanol–water partition coefficient (Wildman–Crippen LogP) is 4.73. The number of benzene rings is 1. The highest BCUT2D eigenvalue weighted by molar-refractivity contribution is 5.79. The average molecular weight is 237 g/mol. The molecule has 0 bridgehead atoms. The first-order chi connectivity index (χ1) is 8.86. The molecule has 0 heterocycles. The Kier molecular flexibility index (Phi) is 4.36. The third-order valence-corrected chi connectivity index (χ3v) is 3.69. The molecule has 0 saturated heterocycles. The Bertz CT molecular complexity index is 476. The topological polar surface area (TPSA) is 23.8 Å². The molecule has 1 atom stereocenters. The average Bonchev–Trinajstić information content (AvgIpc) is 2.43. The van der Waals surface area contributed by atoms with Crippen LogP contribution in [0.25, 0.3) is 5.57 Å². The monoisotopic (exact) mass is 237 g/mol. The molecule has 1 saturated carbocycles. The molecule has 1 aliphatic carbocycles. The SMILES string of the molecule is C=CC[C@@H]1CCCC/C1=C(\C#N)c1ccccc1. The number of hydrogen-bond donors (Lipinski definition) is 0. The van der Waals surface area contributed by atoms with Crippen LogP contribution in [0.4, 0.5) is 0 Å². The second kappa shape index (κ2) is 6.21. The van der Waals surface area contributed by atoms with E-state index in [1.54, 1.807) is 0 Å². The van der Waals surface area contributed by atoms with Crippen LogP contribution in [0.1, 0.15) is 37.7 Å². The van der Waals surface area contributed by atoms with E-state index in [0.29, 0.717) is 5.92 Å². The Balaban J connectivity index is 2.41. The van der Waals surface area contributed by atoms with Crippen LogP contribution in [0, 0.1) is 17.2 Å². The Morgan fingerprint density at radius 2 is 2.11 bits per heavy atom. The fourth-order valence-corrected chi connectivity index (χ4v) is 2.80. The summed E-state index contributed by atoms with van der Waals surface area (Å²) in [6.07, 6.45) is 7.72. The molecule has 0 unspecified atom stereocenters. The van der Waals surface area contributed by atoms with Gasteiger partial charge >= 0.3 is 0 Å². The lowest BCUT2D eigenvalue weighted by atomic mass is 9.78. The third kappa shape index (κ3) is 2.71. The van der Waals surface area contributed by atoms with Gasteiger partial charge in [0.2, 0.25) is 0 Å². The summed E-state index contributed by atoms with van der Waals surface area (Å²) < 4.78 is 0. The molecule has 0 N–H and O–H groups in total. The highest BCUT2D eigenvalue weighted by Crippen LogP contribution is 2.36. The summed E-state index contributed by atoms with van der Waals surface area (Å²) in [5, 5.41) is 9.48. The molecule has 1 aromatic rings. The van der Waals surface area contributed by atoms with Crippen LogP contribution in [0.15, 0.2) is 48.6 Å². The van der Waals surface area contributed by atoms with Crippen molar-refractivity contribution < 1.29 is 0 Å². The summed E-state index contributed by atoms with van der Waals surface area (Å²) in [6, 6.07) is 12.5. The van der Waals surface area contributed by atoms with E-state index in [1.165, 1.54) is 24.8 Å². The molecule has 0 aliphatic heterocycles. The van der Waals surface area contributed by atoms with Crippen molar-refractivity contribution in [2.24, 2.45) is 5.92 Å². The highest BCUT2D eigenvalue weighted by Gasteiger charge is 2.21. The van der Waals surface area contributed by atoms with Crippen LogP contribution in [-0.2, 0) is 0 Å². The molecule has 1 aliphatic rings. The van der Waals surface area contributed by atoms with Gasteiger partial charge in [-0.25, -0.2) is 0 Å². The molecule has 0 amide bonds. The van der Waals surface area contributed by atoms with Gasteiger partial charge in [-0.3, -0.25) is 0 Å². The normalized spacial score (nSPS) is 22.1. The van der Waals surface area contributed by atoms with E-state index in [2.05, 4.69) is 12.6 Å². The molecule has 1 nitrogen and oxygen atoms in total. The van der Waals surface area contributed by atoms with Crippen molar-refractivity contribution in [2.75, 3.05) is 0 Å². The first-order valence-electron chi connectivity index (χ1n) is 6.66. The van der Waals surface area contributed by atoms with Gasteiger partial charge in [0.05, 0.1) is 11.6 Å². The molecule has 92 valence electrons. The molecule has 18 heavy (non-hydrogen) atoms.